The lowest BCUT2D eigenvalue weighted by atomic mass is 10.2. The van der Waals surface area contributed by atoms with E-state index in [0.717, 1.165) is 28.1 Å². The first kappa shape index (κ1) is 13.8. The molecule has 1 aromatic carbocycles. The Kier molecular flexibility index (Phi) is 3.51. The first-order valence-corrected chi connectivity index (χ1v) is 7.76. The summed E-state index contributed by atoms with van der Waals surface area (Å²) in [4.78, 5) is 13.1. The van der Waals surface area contributed by atoms with Gasteiger partial charge in [0.25, 0.3) is 0 Å². The summed E-state index contributed by atoms with van der Waals surface area (Å²) in [6.07, 6.45) is 0.995. The summed E-state index contributed by atoms with van der Waals surface area (Å²) in [6, 6.07) is 10.5. The fraction of sp³-hybridized carbons (Fsp3) is 0.250. The third-order valence-corrected chi connectivity index (χ3v) is 4.70. The van der Waals surface area contributed by atoms with Crippen molar-refractivity contribution in [3.8, 4) is 0 Å². The van der Waals surface area contributed by atoms with Crippen molar-refractivity contribution in [2.75, 3.05) is 17.7 Å². The number of nitrogen functional groups attached to an aromatic ring is 1. The molecule has 0 radical (unpaired) electrons. The van der Waals surface area contributed by atoms with E-state index in [0.29, 0.717) is 5.95 Å². The highest BCUT2D eigenvalue weighted by Crippen LogP contribution is 2.34. The molecular formula is C16H18N4S. The van der Waals surface area contributed by atoms with Crippen molar-refractivity contribution in [1.29, 1.82) is 0 Å². The largest absolute Gasteiger partial charge is 0.368 e. The first-order valence-electron chi connectivity index (χ1n) is 6.95. The summed E-state index contributed by atoms with van der Waals surface area (Å²) in [5.41, 5.74) is 8.20. The smallest absolute Gasteiger partial charge is 0.223 e. The zero-order valence-corrected chi connectivity index (χ0v) is 13.2. The SMILES string of the molecule is CCc1cc2c(N(C)c3ccc(C)cc3)nc(N)nc2s1. The molecule has 2 N–H and O–H groups in total. The van der Waals surface area contributed by atoms with Gasteiger partial charge in [0, 0.05) is 17.6 Å². The van der Waals surface area contributed by atoms with Crippen LogP contribution in [-0.2, 0) is 6.42 Å². The fourth-order valence-corrected chi connectivity index (χ4v) is 3.26. The van der Waals surface area contributed by atoms with E-state index in [2.05, 4.69) is 59.0 Å². The highest BCUT2D eigenvalue weighted by atomic mass is 32.1. The second kappa shape index (κ2) is 5.33. The van der Waals surface area contributed by atoms with Crippen molar-refractivity contribution in [3.05, 3.63) is 40.8 Å². The topological polar surface area (TPSA) is 55.0 Å². The van der Waals surface area contributed by atoms with Gasteiger partial charge in [-0.1, -0.05) is 24.6 Å². The number of nitrogens with zero attached hydrogens (tertiary/aromatic N) is 3. The van der Waals surface area contributed by atoms with Crippen LogP contribution >= 0.6 is 11.3 Å². The quantitative estimate of drug-likeness (QED) is 0.796. The van der Waals surface area contributed by atoms with Crippen LogP contribution in [0.3, 0.4) is 0 Å². The van der Waals surface area contributed by atoms with E-state index in [-0.39, 0.29) is 0 Å². The van der Waals surface area contributed by atoms with Gasteiger partial charge in [0.2, 0.25) is 5.95 Å². The van der Waals surface area contributed by atoms with E-state index >= 15 is 0 Å². The normalized spacial score (nSPS) is 11.0. The number of rotatable bonds is 3. The van der Waals surface area contributed by atoms with Gasteiger partial charge in [-0.05, 0) is 31.5 Å². The maximum Gasteiger partial charge on any atom is 0.223 e. The Morgan fingerprint density at radius 2 is 1.90 bits per heavy atom. The molecule has 0 spiro atoms. The van der Waals surface area contributed by atoms with Crippen molar-refractivity contribution < 1.29 is 0 Å². The maximum absolute atomic E-state index is 5.87. The number of aryl methyl sites for hydroxylation is 2. The molecular weight excluding hydrogens is 280 g/mol. The number of hydrogen-bond acceptors (Lipinski definition) is 5. The van der Waals surface area contributed by atoms with Crippen molar-refractivity contribution in [2.45, 2.75) is 20.3 Å². The molecule has 0 atom stereocenters. The number of thiophene rings is 1. The minimum absolute atomic E-state index is 0.320. The summed E-state index contributed by atoms with van der Waals surface area (Å²) in [5, 5.41) is 1.06. The molecule has 0 aliphatic carbocycles. The molecule has 3 aromatic rings. The molecule has 0 aliphatic heterocycles. The van der Waals surface area contributed by atoms with Gasteiger partial charge in [-0.2, -0.15) is 4.98 Å². The van der Waals surface area contributed by atoms with E-state index < -0.39 is 0 Å². The van der Waals surface area contributed by atoms with Gasteiger partial charge in [0.1, 0.15) is 10.6 Å². The number of nitrogens with two attached hydrogens (primary N) is 1. The summed E-state index contributed by atoms with van der Waals surface area (Å²) in [6.45, 7) is 4.22. The monoisotopic (exact) mass is 298 g/mol. The highest BCUT2D eigenvalue weighted by Gasteiger charge is 2.14. The van der Waals surface area contributed by atoms with E-state index in [1.54, 1.807) is 11.3 Å². The molecule has 4 nitrogen and oxygen atoms in total. The van der Waals surface area contributed by atoms with Crippen molar-refractivity contribution in [2.24, 2.45) is 0 Å². The summed E-state index contributed by atoms with van der Waals surface area (Å²) >= 11 is 1.68. The van der Waals surface area contributed by atoms with E-state index in [4.69, 9.17) is 5.73 Å². The lowest BCUT2D eigenvalue weighted by Gasteiger charge is -2.19. The van der Waals surface area contributed by atoms with Crippen LogP contribution in [0.4, 0.5) is 17.5 Å². The molecule has 0 aliphatic rings. The van der Waals surface area contributed by atoms with Gasteiger partial charge in [0.15, 0.2) is 0 Å². The van der Waals surface area contributed by atoms with Gasteiger partial charge in [-0.25, -0.2) is 4.98 Å². The highest BCUT2D eigenvalue weighted by molar-refractivity contribution is 7.18. The molecule has 21 heavy (non-hydrogen) atoms. The number of benzene rings is 1. The Balaban J connectivity index is 2.14. The molecule has 3 rings (SSSR count). The van der Waals surface area contributed by atoms with Gasteiger partial charge in [-0.15, -0.1) is 11.3 Å². The van der Waals surface area contributed by atoms with Crippen LogP contribution in [0.5, 0.6) is 0 Å². The standard InChI is InChI=1S/C16H18N4S/c1-4-12-9-13-14(18-16(17)19-15(13)21-12)20(3)11-7-5-10(2)6-8-11/h5-9H,4H2,1-3H3,(H2,17,18,19). The number of anilines is 3. The molecule has 0 amide bonds. The zero-order valence-electron chi connectivity index (χ0n) is 12.4. The van der Waals surface area contributed by atoms with Gasteiger partial charge >= 0.3 is 0 Å². The molecule has 0 saturated carbocycles. The van der Waals surface area contributed by atoms with Crippen LogP contribution in [0.25, 0.3) is 10.2 Å². The summed E-state index contributed by atoms with van der Waals surface area (Å²) < 4.78 is 0. The second-order valence-corrected chi connectivity index (χ2v) is 6.20. The van der Waals surface area contributed by atoms with E-state index in [1.807, 2.05) is 7.05 Å². The third-order valence-electron chi connectivity index (χ3n) is 3.53. The molecule has 108 valence electrons. The minimum atomic E-state index is 0.320. The molecule has 0 unspecified atom stereocenters. The fourth-order valence-electron chi connectivity index (χ4n) is 2.29. The Bertz CT molecular complexity index is 777. The molecule has 2 aromatic heterocycles. The van der Waals surface area contributed by atoms with Gasteiger partial charge < -0.3 is 10.6 Å². The predicted molar refractivity (Wildman–Crippen MR) is 90.4 cm³/mol. The van der Waals surface area contributed by atoms with Crippen molar-refractivity contribution in [3.63, 3.8) is 0 Å². The average Bonchev–Trinajstić information content (AvgIpc) is 2.89. The zero-order chi connectivity index (χ0) is 15.0. The number of aromatic nitrogens is 2. The Morgan fingerprint density at radius 1 is 1.19 bits per heavy atom. The lowest BCUT2D eigenvalue weighted by molar-refractivity contribution is 1.12. The van der Waals surface area contributed by atoms with E-state index in [9.17, 15) is 0 Å². The average molecular weight is 298 g/mol. The molecule has 0 fully saturated rings. The first-order chi connectivity index (χ1) is 10.1. The second-order valence-electron chi connectivity index (χ2n) is 5.09. The summed E-state index contributed by atoms with van der Waals surface area (Å²) in [5.74, 6) is 1.18. The van der Waals surface area contributed by atoms with Crippen LogP contribution in [0.1, 0.15) is 17.4 Å². The summed E-state index contributed by atoms with van der Waals surface area (Å²) in [7, 11) is 2.01. The Hall–Kier alpha value is -2.14. The maximum atomic E-state index is 5.87. The predicted octanol–water partition coefficient (Wildman–Crippen LogP) is 3.91. The van der Waals surface area contributed by atoms with Gasteiger partial charge in [0.05, 0.1) is 5.39 Å². The van der Waals surface area contributed by atoms with Gasteiger partial charge in [-0.3, -0.25) is 0 Å². The van der Waals surface area contributed by atoms with Crippen LogP contribution < -0.4 is 10.6 Å². The number of fused-ring (bicyclic) bond motifs is 1. The lowest BCUT2D eigenvalue weighted by Crippen LogP contribution is -2.13. The van der Waals surface area contributed by atoms with Crippen LogP contribution in [0.2, 0.25) is 0 Å². The molecule has 2 heterocycles. The molecule has 5 heteroatoms. The Labute approximate surface area is 128 Å². The minimum Gasteiger partial charge on any atom is -0.368 e. The molecule has 0 bridgehead atoms. The van der Waals surface area contributed by atoms with Crippen LogP contribution in [0, 0.1) is 6.92 Å². The third kappa shape index (κ3) is 2.56. The number of hydrogen-bond donors (Lipinski definition) is 1. The van der Waals surface area contributed by atoms with E-state index in [1.165, 1.54) is 10.4 Å². The van der Waals surface area contributed by atoms with Crippen LogP contribution in [0.15, 0.2) is 30.3 Å². The van der Waals surface area contributed by atoms with Crippen LogP contribution in [-0.4, -0.2) is 17.0 Å². The Morgan fingerprint density at radius 3 is 2.57 bits per heavy atom. The van der Waals surface area contributed by atoms with Crippen molar-refractivity contribution >= 4 is 39.0 Å². The molecule has 0 saturated heterocycles. The van der Waals surface area contributed by atoms with Crippen molar-refractivity contribution in [1.82, 2.24) is 9.97 Å².